The maximum Gasteiger partial charge on any atom is 0.163 e. The Balaban J connectivity index is 2.59. The number of halogens is 1. The summed E-state index contributed by atoms with van der Waals surface area (Å²) in [6.45, 7) is 2.07. The molecule has 2 heteroatoms. The highest BCUT2D eigenvalue weighted by Gasteiger charge is 2.09. The highest BCUT2D eigenvalue weighted by atomic mass is 79.9. The molecule has 1 aromatic rings. The molecular weight excluding hydrogens is 228 g/mol. The monoisotopic (exact) mass is 240 g/mol. The van der Waals surface area contributed by atoms with E-state index in [-0.39, 0.29) is 5.78 Å². The van der Waals surface area contributed by atoms with Crippen molar-refractivity contribution in [2.75, 3.05) is 5.33 Å². The zero-order valence-corrected chi connectivity index (χ0v) is 9.25. The lowest BCUT2D eigenvalue weighted by atomic mass is 10.0. The van der Waals surface area contributed by atoms with E-state index in [0.717, 1.165) is 10.9 Å². The fourth-order valence-electron chi connectivity index (χ4n) is 1.11. The third kappa shape index (κ3) is 3.31. The van der Waals surface area contributed by atoms with E-state index < -0.39 is 0 Å². The lowest BCUT2D eigenvalue weighted by Crippen LogP contribution is -2.06. The van der Waals surface area contributed by atoms with Crippen molar-refractivity contribution in [3.05, 3.63) is 35.9 Å². The predicted octanol–water partition coefficient (Wildman–Crippen LogP) is 3.29. The number of alkyl halides is 1. The van der Waals surface area contributed by atoms with Crippen LogP contribution in [-0.4, -0.2) is 11.1 Å². The zero-order chi connectivity index (χ0) is 9.68. The maximum atomic E-state index is 11.6. The van der Waals surface area contributed by atoms with Crippen LogP contribution in [0.4, 0.5) is 0 Å². The molecule has 1 atom stereocenters. The molecule has 0 aliphatic heterocycles. The Kier molecular flexibility index (Phi) is 4.16. The largest absolute Gasteiger partial charge is 0.294 e. The van der Waals surface area contributed by atoms with E-state index in [9.17, 15) is 4.79 Å². The molecule has 0 heterocycles. The van der Waals surface area contributed by atoms with Crippen molar-refractivity contribution in [1.82, 2.24) is 0 Å². The molecule has 0 radical (unpaired) electrons. The molecule has 1 aromatic carbocycles. The second-order valence-corrected chi connectivity index (χ2v) is 3.90. The van der Waals surface area contributed by atoms with E-state index in [2.05, 4.69) is 22.9 Å². The minimum Gasteiger partial charge on any atom is -0.294 e. The van der Waals surface area contributed by atoms with Gasteiger partial charge < -0.3 is 0 Å². The summed E-state index contributed by atoms with van der Waals surface area (Å²) in [6, 6.07) is 9.44. The number of Topliss-reactive ketones (excluding diaryl/α,β-unsaturated/α-hetero) is 1. The summed E-state index contributed by atoms with van der Waals surface area (Å²) in [5, 5.41) is 0.881. The molecule has 0 bridgehead atoms. The number of hydrogen-bond acceptors (Lipinski definition) is 1. The van der Waals surface area contributed by atoms with Crippen molar-refractivity contribution in [1.29, 1.82) is 0 Å². The van der Waals surface area contributed by atoms with Gasteiger partial charge in [0.05, 0.1) is 0 Å². The van der Waals surface area contributed by atoms with E-state index >= 15 is 0 Å². The van der Waals surface area contributed by atoms with Gasteiger partial charge in [-0.2, -0.15) is 0 Å². The normalized spacial score (nSPS) is 12.5. The van der Waals surface area contributed by atoms with Crippen molar-refractivity contribution in [2.45, 2.75) is 13.3 Å². The smallest absolute Gasteiger partial charge is 0.163 e. The van der Waals surface area contributed by atoms with E-state index in [1.807, 2.05) is 30.3 Å². The Morgan fingerprint density at radius 2 is 2.00 bits per heavy atom. The summed E-state index contributed by atoms with van der Waals surface area (Å²) < 4.78 is 0. The van der Waals surface area contributed by atoms with Crippen molar-refractivity contribution < 1.29 is 4.79 Å². The van der Waals surface area contributed by atoms with Crippen LogP contribution in [0.25, 0.3) is 0 Å². The van der Waals surface area contributed by atoms with Gasteiger partial charge in [0.2, 0.25) is 0 Å². The third-order valence-corrected chi connectivity index (χ3v) is 3.00. The number of ketones is 1. The van der Waals surface area contributed by atoms with Gasteiger partial charge in [-0.3, -0.25) is 4.79 Å². The van der Waals surface area contributed by atoms with Gasteiger partial charge >= 0.3 is 0 Å². The molecule has 0 N–H and O–H groups in total. The van der Waals surface area contributed by atoms with Gasteiger partial charge in [0.25, 0.3) is 0 Å². The van der Waals surface area contributed by atoms with Crippen molar-refractivity contribution >= 4 is 21.7 Å². The number of rotatable bonds is 4. The number of hydrogen-bond donors (Lipinski definition) is 0. The molecular formula is C11H13BrO. The number of carbonyl (C=O) groups is 1. The Morgan fingerprint density at radius 1 is 1.38 bits per heavy atom. The van der Waals surface area contributed by atoms with Crippen LogP contribution in [0.2, 0.25) is 0 Å². The van der Waals surface area contributed by atoms with Gasteiger partial charge in [0.15, 0.2) is 5.78 Å². The zero-order valence-electron chi connectivity index (χ0n) is 7.66. The molecule has 13 heavy (non-hydrogen) atoms. The standard InChI is InChI=1S/C11H13BrO/c1-9(8-12)7-11(13)10-5-3-2-4-6-10/h2-6,9H,7-8H2,1H3. The summed E-state index contributed by atoms with van der Waals surface area (Å²) in [4.78, 5) is 11.6. The topological polar surface area (TPSA) is 17.1 Å². The Labute approximate surface area is 87.3 Å². The minimum atomic E-state index is 0.229. The van der Waals surface area contributed by atoms with Gasteiger partial charge in [-0.1, -0.05) is 53.2 Å². The first-order valence-electron chi connectivity index (χ1n) is 4.38. The first kappa shape index (κ1) is 10.5. The lowest BCUT2D eigenvalue weighted by Gasteiger charge is -2.05. The van der Waals surface area contributed by atoms with Crippen LogP contribution in [0, 0.1) is 5.92 Å². The number of carbonyl (C=O) groups excluding carboxylic acids is 1. The van der Waals surface area contributed by atoms with E-state index in [1.165, 1.54) is 0 Å². The average Bonchev–Trinajstić information content (AvgIpc) is 2.19. The lowest BCUT2D eigenvalue weighted by molar-refractivity contribution is 0.0968. The highest BCUT2D eigenvalue weighted by Crippen LogP contribution is 2.11. The molecule has 0 aliphatic rings. The Morgan fingerprint density at radius 3 is 2.54 bits per heavy atom. The fraction of sp³-hybridized carbons (Fsp3) is 0.364. The quantitative estimate of drug-likeness (QED) is 0.584. The Hall–Kier alpha value is -0.630. The summed E-state index contributed by atoms with van der Waals surface area (Å²) in [7, 11) is 0. The second kappa shape index (κ2) is 5.18. The molecule has 0 aliphatic carbocycles. The van der Waals surface area contributed by atoms with Crippen molar-refractivity contribution in [3.63, 3.8) is 0 Å². The molecule has 0 aromatic heterocycles. The van der Waals surface area contributed by atoms with Gasteiger partial charge in [0.1, 0.15) is 0 Å². The minimum absolute atomic E-state index is 0.229. The fourth-order valence-corrected chi connectivity index (χ4v) is 1.34. The van der Waals surface area contributed by atoms with Gasteiger partial charge in [-0.05, 0) is 5.92 Å². The van der Waals surface area contributed by atoms with E-state index in [0.29, 0.717) is 12.3 Å². The van der Waals surface area contributed by atoms with Crippen LogP contribution in [0.3, 0.4) is 0 Å². The Bertz CT molecular complexity index is 269. The molecule has 0 fully saturated rings. The van der Waals surface area contributed by atoms with Crippen LogP contribution in [0.15, 0.2) is 30.3 Å². The molecule has 0 spiro atoms. The van der Waals surface area contributed by atoms with Crippen molar-refractivity contribution in [3.8, 4) is 0 Å². The summed E-state index contributed by atoms with van der Waals surface area (Å²) in [5.74, 6) is 0.639. The SMILES string of the molecule is CC(CBr)CC(=O)c1ccccc1. The van der Waals surface area contributed by atoms with Crippen LogP contribution in [0.5, 0.6) is 0 Å². The first-order valence-corrected chi connectivity index (χ1v) is 5.50. The summed E-state index contributed by atoms with van der Waals surface area (Å²) in [5.41, 5.74) is 0.815. The molecule has 1 rings (SSSR count). The molecule has 1 nitrogen and oxygen atoms in total. The van der Waals surface area contributed by atoms with Crippen LogP contribution >= 0.6 is 15.9 Å². The van der Waals surface area contributed by atoms with Gasteiger partial charge in [-0.25, -0.2) is 0 Å². The predicted molar refractivity (Wildman–Crippen MR) is 58.3 cm³/mol. The summed E-state index contributed by atoms with van der Waals surface area (Å²) >= 11 is 3.36. The highest BCUT2D eigenvalue weighted by molar-refractivity contribution is 9.09. The maximum absolute atomic E-state index is 11.6. The van der Waals surface area contributed by atoms with Crippen LogP contribution in [0.1, 0.15) is 23.7 Å². The number of benzene rings is 1. The molecule has 1 unspecified atom stereocenters. The van der Waals surface area contributed by atoms with Crippen LogP contribution in [-0.2, 0) is 0 Å². The van der Waals surface area contributed by atoms with Gasteiger partial charge in [0, 0.05) is 17.3 Å². The van der Waals surface area contributed by atoms with E-state index in [1.54, 1.807) is 0 Å². The second-order valence-electron chi connectivity index (χ2n) is 3.25. The first-order chi connectivity index (χ1) is 6.24. The molecule has 0 saturated carbocycles. The summed E-state index contributed by atoms with van der Waals surface area (Å²) in [6.07, 6.45) is 0.620. The molecule has 70 valence electrons. The van der Waals surface area contributed by atoms with Crippen LogP contribution < -0.4 is 0 Å². The molecule has 0 saturated heterocycles. The van der Waals surface area contributed by atoms with E-state index in [4.69, 9.17) is 0 Å². The molecule has 0 amide bonds. The average molecular weight is 241 g/mol. The van der Waals surface area contributed by atoms with Crippen molar-refractivity contribution in [2.24, 2.45) is 5.92 Å². The van der Waals surface area contributed by atoms with Gasteiger partial charge in [-0.15, -0.1) is 0 Å². The third-order valence-electron chi connectivity index (χ3n) is 1.89.